The molecule has 3 aromatic rings. The van der Waals surface area contributed by atoms with E-state index in [1.165, 1.54) is 11.3 Å². The van der Waals surface area contributed by atoms with Crippen molar-refractivity contribution in [2.24, 2.45) is 4.99 Å². The largest absolute Gasteiger partial charge is 0.454 e. The molecular formula is C19H18N2O4S. The second kappa shape index (κ2) is 7.31. The Hall–Kier alpha value is -2.64. The fourth-order valence-corrected chi connectivity index (χ4v) is 3.86. The van der Waals surface area contributed by atoms with Gasteiger partial charge in [-0.2, -0.15) is 4.99 Å². The Labute approximate surface area is 154 Å². The van der Waals surface area contributed by atoms with Gasteiger partial charge in [-0.05, 0) is 37.3 Å². The Morgan fingerprint density at radius 2 is 2.08 bits per heavy atom. The molecular weight excluding hydrogens is 352 g/mol. The number of ether oxygens (including phenoxy) is 3. The number of hydrogen-bond acceptors (Lipinski definition) is 5. The summed E-state index contributed by atoms with van der Waals surface area (Å²) in [6, 6.07) is 13.1. The van der Waals surface area contributed by atoms with Crippen molar-refractivity contribution in [1.82, 2.24) is 4.57 Å². The van der Waals surface area contributed by atoms with Gasteiger partial charge in [-0.1, -0.05) is 23.5 Å². The molecule has 6 nitrogen and oxygen atoms in total. The Balaban J connectivity index is 1.72. The van der Waals surface area contributed by atoms with Crippen LogP contribution in [0.1, 0.15) is 17.3 Å². The molecule has 1 amide bonds. The first-order valence-electron chi connectivity index (χ1n) is 8.41. The number of amides is 1. The quantitative estimate of drug-likeness (QED) is 0.647. The summed E-state index contributed by atoms with van der Waals surface area (Å²) in [5.41, 5.74) is 1.53. The number of para-hydroxylation sites is 1. The highest BCUT2D eigenvalue weighted by molar-refractivity contribution is 7.16. The van der Waals surface area contributed by atoms with Crippen molar-refractivity contribution in [1.29, 1.82) is 0 Å². The molecule has 0 unspecified atom stereocenters. The zero-order valence-corrected chi connectivity index (χ0v) is 15.1. The van der Waals surface area contributed by atoms with Crippen molar-refractivity contribution in [2.75, 3.05) is 20.0 Å². The van der Waals surface area contributed by atoms with E-state index < -0.39 is 0 Å². The van der Waals surface area contributed by atoms with E-state index >= 15 is 0 Å². The molecule has 0 fully saturated rings. The van der Waals surface area contributed by atoms with E-state index in [1.54, 1.807) is 18.2 Å². The predicted molar refractivity (Wildman–Crippen MR) is 98.8 cm³/mol. The van der Waals surface area contributed by atoms with E-state index in [1.807, 2.05) is 35.8 Å². The van der Waals surface area contributed by atoms with Gasteiger partial charge in [0.2, 0.25) is 6.79 Å². The zero-order chi connectivity index (χ0) is 17.9. The van der Waals surface area contributed by atoms with Gasteiger partial charge in [0.15, 0.2) is 16.3 Å². The molecule has 0 radical (unpaired) electrons. The van der Waals surface area contributed by atoms with Crippen molar-refractivity contribution >= 4 is 27.5 Å². The van der Waals surface area contributed by atoms with E-state index in [4.69, 9.17) is 14.2 Å². The fourth-order valence-electron chi connectivity index (χ4n) is 2.80. The first kappa shape index (κ1) is 16.8. The molecule has 2 aromatic carbocycles. The minimum Gasteiger partial charge on any atom is -0.454 e. The highest BCUT2D eigenvalue weighted by Gasteiger charge is 2.16. The predicted octanol–water partition coefficient (Wildman–Crippen LogP) is 3.21. The van der Waals surface area contributed by atoms with Crippen molar-refractivity contribution < 1.29 is 19.0 Å². The molecule has 1 aliphatic heterocycles. The molecule has 26 heavy (non-hydrogen) atoms. The maximum Gasteiger partial charge on any atom is 0.279 e. The van der Waals surface area contributed by atoms with Crippen LogP contribution >= 0.6 is 11.3 Å². The standard InChI is InChI=1S/C19H18N2O4S/c1-2-23-10-9-21-14-5-3-4-6-17(14)26-19(21)20-18(22)13-7-8-15-16(11-13)25-12-24-15/h3-8,11H,2,9-10,12H2,1H3. The second-order valence-corrected chi connectivity index (χ2v) is 6.70. The van der Waals surface area contributed by atoms with Crippen LogP contribution in [0.15, 0.2) is 47.5 Å². The summed E-state index contributed by atoms with van der Waals surface area (Å²) in [5.74, 6) is 0.918. The third kappa shape index (κ3) is 3.23. The van der Waals surface area contributed by atoms with Crippen LogP contribution in [-0.4, -0.2) is 30.5 Å². The van der Waals surface area contributed by atoms with Gasteiger partial charge in [0.1, 0.15) is 0 Å². The summed E-state index contributed by atoms with van der Waals surface area (Å²) in [6.07, 6.45) is 0. The SMILES string of the molecule is CCOCCn1c(=NC(=O)c2ccc3c(c2)OCO3)sc2ccccc21. The molecule has 0 N–H and O–H groups in total. The molecule has 1 aromatic heterocycles. The van der Waals surface area contributed by atoms with E-state index in [9.17, 15) is 4.79 Å². The van der Waals surface area contributed by atoms with Gasteiger partial charge in [0.25, 0.3) is 5.91 Å². The number of carbonyl (C=O) groups excluding carboxylic acids is 1. The minimum atomic E-state index is -0.306. The van der Waals surface area contributed by atoms with Gasteiger partial charge in [-0.3, -0.25) is 4.79 Å². The fraction of sp³-hybridized carbons (Fsp3) is 0.263. The Morgan fingerprint density at radius 1 is 1.23 bits per heavy atom. The van der Waals surface area contributed by atoms with Gasteiger partial charge in [-0.15, -0.1) is 0 Å². The van der Waals surface area contributed by atoms with Gasteiger partial charge < -0.3 is 18.8 Å². The van der Waals surface area contributed by atoms with Crippen molar-refractivity contribution in [2.45, 2.75) is 13.5 Å². The molecule has 0 aliphatic carbocycles. The van der Waals surface area contributed by atoms with Crippen LogP contribution in [0.2, 0.25) is 0 Å². The topological polar surface area (TPSA) is 62.1 Å². The molecule has 0 spiro atoms. The molecule has 0 saturated heterocycles. The van der Waals surface area contributed by atoms with Crippen LogP contribution < -0.4 is 14.3 Å². The van der Waals surface area contributed by atoms with E-state index in [-0.39, 0.29) is 12.7 Å². The smallest absolute Gasteiger partial charge is 0.279 e. The number of hydrogen-bond donors (Lipinski definition) is 0. The molecule has 0 atom stereocenters. The number of aromatic nitrogens is 1. The summed E-state index contributed by atoms with van der Waals surface area (Å²) in [5, 5.41) is 0. The van der Waals surface area contributed by atoms with Crippen molar-refractivity contribution in [3.63, 3.8) is 0 Å². The molecule has 1 aliphatic rings. The van der Waals surface area contributed by atoms with E-state index in [0.29, 0.717) is 41.6 Å². The summed E-state index contributed by atoms with van der Waals surface area (Å²) >= 11 is 1.49. The summed E-state index contributed by atoms with van der Waals surface area (Å²) in [4.78, 5) is 17.7. The average molecular weight is 370 g/mol. The number of fused-ring (bicyclic) bond motifs is 2. The molecule has 0 saturated carbocycles. The lowest BCUT2D eigenvalue weighted by Crippen LogP contribution is -2.19. The maximum absolute atomic E-state index is 12.7. The van der Waals surface area contributed by atoms with Crippen molar-refractivity contribution in [3.8, 4) is 11.5 Å². The second-order valence-electron chi connectivity index (χ2n) is 5.69. The summed E-state index contributed by atoms with van der Waals surface area (Å²) in [7, 11) is 0. The number of benzene rings is 2. The maximum atomic E-state index is 12.7. The molecule has 4 rings (SSSR count). The molecule has 2 heterocycles. The third-order valence-corrected chi connectivity index (χ3v) is 5.13. The lowest BCUT2D eigenvalue weighted by atomic mass is 10.2. The van der Waals surface area contributed by atoms with E-state index in [2.05, 4.69) is 4.99 Å². The number of rotatable bonds is 5. The highest BCUT2D eigenvalue weighted by atomic mass is 32.1. The first-order valence-corrected chi connectivity index (χ1v) is 9.22. The van der Waals surface area contributed by atoms with Gasteiger partial charge in [0, 0.05) is 18.7 Å². The number of thiazole rings is 1. The van der Waals surface area contributed by atoms with Gasteiger partial charge in [-0.25, -0.2) is 0 Å². The van der Waals surface area contributed by atoms with Gasteiger partial charge in [0.05, 0.1) is 16.8 Å². The molecule has 7 heteroatoms. The minimum absolute atomic E-state index is 0.178. The molecule has 0 bridgehead atoms. The Morgan fingerprint density at radius 3 is 2.96 bits per heavy atom. The number of carbonyl (C=O) groups is 1. The lowest BCUT2D eigenvalue weighted by molar-refractivity contribution is 0.0996. The lowest BCUT2D eigenvalue weighted by Gasteiger charge is -2.05. The van der Waals surface area contributed by atoms with E-state index in [0.717, 1.165) is 10.2 Å². The Kier molecular flexibility index (Phi) is 4.73. The zero-order valence-electron chi connectivity index (χ0n) is 14.3. The molecule has 134 valence electrons. The van der Waals surface area contributed by atoms with Crippen LogP contribution in [-0.2, 0) is 11.3 Å². The van der Waals surface area contributed by atoms with Crippen LogP contribution in [0.3, 0.4) is 0 Å². The van der Waals surface area contributed by atoms with Crippen LogP contribution in [0.4, 0.5) is 0 Å². The Bertz CT molecular complexity index is 1020. The van der Waals surface area contributed by atoms with Crippen LogP contribution in [0.25, 0.3) is 10.2 Å². The summed E-state index contributed by atoms with van der Waals surface area (Å²) < 4.78 is 19.2. The van der Waals surface area contributed by atoms with Crippen LogP contribution in [0.5, 0.6) is 11.5 Å². The first-order chi connectivity index (χ1) is 12.8. The average Bonchev–Trinajstić information content (AvgIpc) is 3.26. The number of nitrogens with zero attached hydrogens (tertiary/aromatic N) is 2. The highest BCUT2D eigenvalue weighted by Crippen LogP contribution is 2.32. The normalized spacial score (nSPS) is 13.5. The van der Waals surface area contributed by atoms with Gasteiger partial charge >= 0.3 is 0 Å². The summed E-state index contributed by atoms with van der Waals surface area (Å²) in [6.45, 7) is 4.02. The third-order valence-electron chi connectivity index (χ3n) is 4.07. The van der Waals surface area contributed by atoms with Crippen molar-refractivity contribution in [3.05, 3.63) is 52.8 Å². The van der Waals surface area contributed by atoms with Crippen LogP contribution in [0, 0.1) is 0 Å². The monoisotopic (exact) mass is 370 g/mol.